The summed E-state index contributed by atoms with van der Waals surface area (Å²) in [6, 6.07) is 19.8. The van der Waals surface area contributed by atoms with E-state index < -0.39 is 10.0 Å². The van der Waals surface area contributed by atoms with Crippen LogP contribution < -0.4 is 4.74 Å². The molecule has 0 radical (unpaired) electrons. The lowest BCUT2D eigenvalue weighted by atomic mass is 10.0. The van der Waals surface area contributed by atoms with E-state index in [0.717, 1.165) is 25.1 Å². The zero-order chi connectivity index (χ0) is 21.8. The van der Waals surface area contributed by atoms with E-state index in [2.05, 4.69) is 53.7 Å². The minimum absolute atomic E-state index is 0.0770. The van der Waals surface area contributed by atoms with Gasteiger partial charge in [-0.3, -0.25) is 0 Å². The monoisotopic (exact) mass is 460 g/mol. The lowest BCUT2D eigenvalue weighted by molar-refractivity contribution is 0.135. The molecule has 0 aromatic heterocycles. The number of nitrogens with zero attached hydrogens (tertiary/aromatic N) is 2. The molecule has 0 bridgehead atoms. The quantitative estimate of drug-likeness (QED) is 0.576. The third-order valence-electron chi connectivity index (χ3n) is 6.21. The SMILES string of the molecule is C[C@@H]1CCC(c2ccccc2)SN1Cc1ccc(OC2CCN(S(C)(=O)=O)CC2)cc1. The molecule has 2 aliphatic heterocycles. The van der Waals surface area contributed by atoms with Gasteiger partial charge in [-0.05, 0) is 55.9 Å². The molecule has 168 valence electrons. The average molecular weight is 461 g/mol. The molecule has 2 saturated heterocycles. The Morgan fingerprint density at radius 2 is 1.65 bits per heavy atom. The zero-order valence-corrected chi connectivity index (χ0v) is 19.9. The molecular weight excluding hydrogens is 428 g/mol. The van der Waals surface area contributed by atoms with Gasteiger partial charge in [-0.15, -0.1) is 0 Å². The van der Waals surface area contributed by atoms with Crippen LogP contribution in [0.15, 0.2) is 54.6 Å². The average Bonchev–Trinajstić information content (AvgIpc) is 2.77. The molecule has 7 heteroatoms. The van der Waals surface area contributed by atoms with Gasteiger partial charge in [-0.2, -0.15) is 0 Å². The standard InChI is InChI=1S/C24H32N2O3S2/c1-19-8-13-24(21-6-4-3-5-7-21)30-26(19)18-20-9-11-22(12-10-20)29-23-14-16-25(17-15-23)31(2,27)28/h3-7,9-12,19,23-24H,8,13-18H2,1-2H3/t19-,24?/m1/s1. The third-order valence-corrected chi connectivity index (χ3v) is 9.03. The van der Waals surface area contributed by atoms with E-state index >= 15 is 0 Å². The van der Waals surface area contributed by atoms with Crippen molar-refractivity contribution in [2.75, 3.05) is 19.3 Å². The first-order valence-electron chi connectivity index (χ1n) is 11.1. The van der Waals surface area contributed by atoms with Gasteiger partial charge >= 0.3 is 0 Å². The van der Waals surface area contributed by atoms with E-state index in [1.807, 2.05) is 24.1 Å². The number of hydrogen-bond donors (Lipinski definition) is 0. The first kappa shape index (κ1) is 22.6. The normalized spacial score (nSPS) is 24.2. The van der Waals surface area contributed by atoms with Crippen LogP contribution in [0.5, 0.6) is 5.75 Å². The summed E-state index contributed by atoms with van der Waals surface area (Å²) in [5, 5.41) is 0.526. The van der Waals surface area contributed by atoms with E-state index in [4.69, 9.17) is 4.74 Å². The second kappa shape index (κ2) is 9.94. The highest BCUT2D eigenvalue weighted by Crippen LogP contribution is 2.43. The predicted octanol–water partition coefficient (Wildman–Crippen LogP) is 4.86. The van der Waals surface area contributed by atoms with Crippen LogP contribution in [0.2, 0.25) is 0 Å². The zero-order valence-electron chi connectivity index (χ0n) is 18.3. The van der Waals surface area contributed by atoms with Crippen molar-refractivity contribution in [1.82, 2.24) is 8.61 Å². The molecule has 0 N–H and O–H groups in total. The molecule has 2 aromatic carbocycles. The molecule has 0 amide bonds. The van der Waals surface area contributed by atoms with Gasteiger partial charge in [0.25, 0.3) is 0 Å². The van der Waals surface area contributed by atoms with Gasteiger partial charge in [-0.1, -0.05) is 54.4 Å². The Balaban J connectivity index is 1.31. The number of benzene rings is 2. The van der Waals surface area contributed by atoms with Crippen molar-refractivity contribution >= 4 is 22.0 Å². The van der Waals surface area contributed by atoms with E-state index in [-0.39, 0.29) is 6.10 Å². The molecule has 0 saturated carbocycles. The van der Waals surface area contributed by atoms with Crippen LogP contribution in [-0.4, -0.2) is 48.5 Å². The summed E-state index contributed by atoms with van der Waals surface area (Å²) in [7, 11) is -3.10. The van der Waals surface area contributed by atoms with Crippen molar-refractivity contribution < 1.29 is 13.2 Å². The van der Waals surface area contributed by atoms with Crippen molar-refractivity contribution in [2.24, 2.45) is 0 Å². The number of ether oxygens (including phenoxy) is 1. The number of sulfonamides is 1. The third kappa shape index (κ3) is 6.04. The Kier molecular flexibility index (Phi) is 7.26. The fourth-order valence-corrected chi connectivity index (χ4v) is 6.53. The number of rotatable bonds is 6. The van der Waals surface area contributed by atoms with Crippen LogP contribution in [0.3, 0.4) is 0 Å². The smallest absolute Gasteiger partial charge is 0.211 e. The highest BCUT2D eigenvalue weighted by molar-refractivity contribution is 7.97. The Morgan fingerprint density at radius 1 is 0.968 bits per heavy atom. The summed E-state index contributed by atoms with van der Waals surface area (Å²) in [5.41, 5.74) is 2.70. The lowest BCUT2D eigenvalue weighted by Gasteiger charge is -2.37. The molecule has 2 heterocycles. The van der Waals surface area contributed by atoms with Crippen molar-refractivity contribution in [3.8, 4) is 5.75 Å². The van der Waals surface area contributed by atoms with E-state index in [9.17, 15) is 8.42 Å². The van der Waals surface area contributed by atoms with Gasteiger partial charge < -0.3 is 4.74 Å². The van der Waals surface area contributed by atoms with Crippen molar-refractivity contribution in [1.29, 1.82) is 0 Å². The van der Waals surface area contributed by atoms with Crippen molar-refractivity contribution in [3.05, 3.63) is 65.7 Å². The maximum atomic E-state index is 11.7. The van der Waals surface area contributed by atoms with E-state index in [0.29, 0.717) is 24.4 Å². The van der Waals surface area contributed by atoms with Crippen LogP contribution in [0, 0.1) is 0 Å². The van der Waals surface area contributed by atoms with Crippen LogP contribution >= 0.6 is 11.9 Å². The Morgan fingerprint density at radius 3 is 2.29 bits per heavy atom. The summed E-state index contributed by atoms with van der Waals surface area (Å²) in [6.07, 6.45) is 5.25. The van der Waals surface area contributed by atoms with Gasteiger partial charge in [0.15, 0.2) is 0 Å². The molecule has 31 heavy (non-hydrogen) atoms. The van der Waals surface area contributed by atoms with Gasteiger partial charge in [-0.25, -0.2) is 17.0 Å². The minimum Gasteiger partial charge on any atom is -0.490 e. The predicted molar refractivity (Wildman–Crippen MR) is 128 cm³/mol. The highest BCUT2D eigenvalue weighted by Gasteiger charge is 2.28. The molecule has 2 aliphatic rings. The van der Waals surface area contributed by atoms with Crippen molar-refractivity contribution in [3.63, 3.8) is 0 Å². The summed E-state index contributed by atoms with van der Waals surface area (Å²) < 4.78 is 33.5. The molecule has 2 aromatic rings. The molecule has 0 spiro atoms. The van der Waals surface area contributed by atoms with Crippen molar-refractivity contribution in [2.45, 2.75) is 56.5 Å². The summed E-state index contributed by atoms with van der Waals surface area (Å²) in [4.78, 5) is 0. The fourth-order valence-electron chi connectivity index (χ4n) is 4.27. The molecule has 2 fully saturated rings. The van der Waals surface area contributed by atoms with Gasteiger partial charge in [0.05, 0.1) is 6.26 Å². The fraction of sp³-hybridized carbons (Fsp3) is 0.500. The topological polar surface area (TPSA) is 49.9 Å². The maximum absolute atomic E-state index is 11.7. The summed E-state index contributed by atoms with van der Waals surface area (Å²) >= 11 is 1.97. The number of hydrogen-bond acceptors (Lipinski definition) is 5. The van der Waals surface area contributed by atoms with Gasteiger partial charge in [0, 0.05) is 30.9 Å². The van der Waals surface area contributed by atoms with Crippen LogP contribution in [-0.2, 0) is 16.6 Å². The highest BCUT2D eigenvalue weighted by atomic mass is 32.2. The molecule has 2 atom stereocenters. The van der Waals surface area contributed by atoms with E-state index in [1.54, 1.807) is 0 Å². The first-order valence-corrected chi connectivity index (χ1v) is 13.8. The maximum Gasteiger partial charge on any atom is 0.211 e. The Labute approximate surface area is 191 Å². The molecule has 0 aliphatic carbocycles. The van der Waals surface area contributed by atoms with E-state index in [1.165, 1.54) is 34.5 Å². The first-order chi connectivity index (χ1) is 14.9. The molecule has 4 rings (SSSR count). The Bertz CT molecular complexity index is 943. The van der Waals surface area contributed by atoms with Gasteiger partial charge in [0.1, 0.15) is 11.9 Å². The van der Waals surface area contributed by atoms with Crippen LogP contribution in [0.4, 0.5) is 0 Å². The molecule has 5 nitrogen and oxygen atoms in total. The van der Waals surface area contributed by atoms with Gasteiger partial charge in [0.2, 0.25) is 10.0 Å². The second-order valence-corrected chi connectivity index (χ2v) is 11.9. The molecular formula is C24H32N2O3S2. The van der Waals surface area contributed by atoms with Crippen LogP contribution in [0.1, 0.15) is 49.0 Å². The largest absolute Gasteiger partial charge is 0.490 e. The Hall–Kier alpha value is -1.54. The lowest BCUT2D eigenvalue weighted by Crippen LogP contribution is -2.41. The summed E-state index contributed by atoms with van der Waals surface area (Å²) in [6.45, 7) is 4.30. The summed E-state index contributed by atoms with van der Waals surface area (Å²) in [5.74, 6) is 0.864. The second-order valence-electron chi connectivity index (χ2n) is 8.63. The minimum atomic E-state index is -3.10. The number of piperidine rings is 1. The van der Waals surface area contributed by atoms with Crippen LogP contribution in [0.25, 0.3) is 0 Å². The molecule has 1 unspecified atom stereocenters.